The molecule has 0 bridgehead atoms. The second-order valence-electron chi connectivity index (χ2n) is 8.18. The van der Waals surface area contributed by atoms with E-state index in [0.717, 1.165) is 24.4 Å². The first-order valence-corrected chi connectivity index (χ1v) is 11.2. The van der Waals surface area contributed by atoms with Crippen molar-refractivity contribution < 1.29 is 9.53 Å². The molecule has 2 aromatic rings. The Kier molecular flexibility index (Phi) is 7.07. The summed E-state index contributed by atoms with van der Waals surface area (Å²) in [5.74, 6) is 1.53. The number of pyridine rings is 1. The monoisotopic (exact) mass is 434 g/mol. The zero-order valence-corrected chi connectivity index (χ0v) is 18.5. The lowest BCUT2D eigenvalue weighted by atomic mass is 10.1. The molecule has 1 atom stereocenters. The van der Waals surface area contributed by atoms with Crippen molar-refractivity contribution in [1.82, 2.24) is 20.1 Å². The fourth-order valence-electron chi connectivity index (χ4n) is 4.51. The first kappa shape index (κ1) is 21.9. The van der Waals surface area contributed by atoms with Gasteiger partial charge in [-0.2, -0.15) is 5.26 Å². The van der Waals surface area contributed by atoms with E-state index in [0.29, 0.717) is 44.1 Å². The van der Waals surface area contributed by atoms with Crippen LogP contribution >= 0.6 is 0 Å². The summed E-state index contributed by atoms with van der Waals surface area (Å²) in [7, 11) is 1.68. The number of nitrogens with one attached hydrogen (secondary N) is 1. The van der Waals surface area contributed by atoms with Crippen molar-refractivity contribution in [3.8, 4) is 11.8 Å². The van der Waals surface area contributed by atoms with Crippen LogP contribution in [0.2, 0.25) is 0 Å². The number of hydrogen-bond acceptors (Lipinski definition) is 6. The number of likely N-dealkylation sites (tertiary alicyclic amines) is 1. The third-order valence-corrected chi connectivity index (χ3v) is 6.28. The molecule has 1 unspecified atom stereocenters. The quantitative estimate of drug-likeness (QED) is 0.752. The second-order valence-corrected chi connectivity index (χ2v) is 8.18. The number of benzene rings is 1. The number of rotatable bonds is 6. The number of nitrogens with zero attached hydrogens (tertiary/aromatic N) is 5. The molecule has 0 saturated carbocycles. The summed E-state index contributed by atoms with van der Waals surface area (Å²) in [6.07, 6.45) is 4.08. The van der Waals surface area contributed by atoms with E-state index in [1.807, 2.05) is 17.0 Å². The molecule has 2 aliphatic rings. The third-order valence-electron chi connectivity index (χ3n) is 6.28. The predicted molar refractivity (Wildman–Crippen MR) is 123 cm³/mol. The normalized spacial score (nSPS) is 17.6. The first-order valence-electron chi connectivity index (χ1n) is 11.2. The van der Waals surface area contributed by atoms with Crippen LogP contribution in [0.25, 0.3) is 0 Å². The highest BCUT2D eigenvalue weighted by Gasteiger charge is 2.27. The van der Waals surface area contributed by atoms with Crippen molar-refractivity contribution in [2.24, 2.45) is 0 Å². The van der Waals surface area contributed by atoms with E-state index in [9.17, 15) is 10.1 Å². The molecular weight excluding hydrogens is 404 g/mol. The molecule has 8 nitrogen and oxygen atoms in total. The Balaban J connectivity index is 1.36. The van der Waals surface area contributed by atoms with Crippen LogP contribution in [0, 0.1) is 11.3 Å². The van der Waals surface area contributed by atoms with Gasteiger partial charge >= 0.3 is 6.03 Å². The molecule has 2 amide bonds. The number of carbonyl (C=O) groups excluding carboxylic acids is 1. The molecule has 2 aliphatic heterocycles. The lowest BCUT2D eigenvalue weighted by Crippen LogP contribution is -2.53. The number of aromatic nitrogens is 1. The average Bonchev–Trinajstić information content (AvgIpc) is 3.39. The van der Waals surface area contributed by atoms with E-state index in [2.05, 4.69) is 38.3 Å². The molecule has 168 valence electrons. The van der Waals surface area contributed by atoms with E-state index in [1.54, 1.807) is 25.4 Å². The minimum atomic E-state index is -0.0433. The van der Waals surface area contributed by atoms with Gasteiger partial charge in [0.1, 0.15) is 17.6 Å². The molecule has 1 N–H and O–H groups in total. The Morgan fingerprint density at radius 2 is 1.94 bits per heavy atom. The van der Waals surface area contributed by atoms with Crippen LogP contribution < -0.4 is 15.0 Å². The van der Waals surface area contributed by atoms with Crippen LogP contribution in [0.5, 0.6) is 5.75 Å². The van der Waals surface area contributed by atoms with Crippen molar-refractivity contribution in [1.29, 1.82) is 5.26 Å². The van der Waals surface area contributed by atoms with Crippen molar-refractivity contribution in [2.45, 2.75) is 18.9 Å². The third kappa shape index (κ3) is 4.94. The summed E-state index contributed by atoms with van der Waals surface area (Å²) in [6.45, 7) is 5.16. The standard InChI is InChI=1S/C24H30N6O2/c1-32-21-8-4-6-19(16-21)22(28-10-2-3-11-28)18-27-24(31)30-14-12-29(13-15-30)23-20(17-25)7-5-9-26-23/h4-9,16,22H,2-3,10-15,18H2,1H3,(H,27,31). The van der Waals surface area contributed by atoms with Crippen molar-refractivity contribution in [2.75, 3.05) is 57.8 Å². The molecule has 4 rings (SSSR count). The van der Waals surface area contributed by atoms with Crippen LogP contribution in [0.1, 0.15) is 30.0 Å². The van der Waals surface area contributed by atoms with Gasteiger partial charge in [0, 0.05) is 38.9 Å². The largest absolute Gasteiger partial charge is 0.497 e. The van der Waals surface area contributed by atoms with Crippen LogP contribution in [-0.4, -0.2) is 73.7 Å². The zero-order valence-electron chi connectivity index (χ0n) is 18.5. The minimum Gasteiger partial charge on any atom is -0.497 e. The zero-order chi connectivity index (χ0) is 22.3. The lowest BCUT2D eigenvalue weighted by Gasteiger charge is -2.36. The highest BCUT2D eigenvalue weighted by atomic mass is 16.5. The van der Waals surface area contributed by atoms with Gasteiger partial charge in [0.05, 0.1) is 18.7 Å². The second kappa shape index (κ2) is 10.3. The van der Waals surface area contributed by atoms with E-state index in [1.165, 1.54) is 12.8 Å². The summed E-state index contributed by atoms with van der Waals surface area (Å²) in [4.78, 5) is 23.6. The summed E-state index contributed by atoms with van der Waals surface area (Å²) in [5, 5.41) is 12.5. The maximum absolute atomic E-state index is 12.9. The predicted octanol–water partition coefficient (Wildman–Crippen LogP) is 2.63. The Bertz CT molecular complexity index is 961. The number of urea groups is 1. The number of amides is 2. The molecule has 2 saturated heterocycles. The smallest absolute Gasteiger partial charge is 0.317 e. The summed E-state index contributed by atoms with van der Waals surface area (Å²) < 4.78 is 5.41. The molecule has 32 heavy (non-hydrogen) atoms. The number of hydrogen-bond donors (Lipinski definition) is 1. The summed E-state index contributed by atoms with van der Waals surface area (Å²) in [6, 6.07) is 14.0. The van der Waals surface area contributed by atoms with Crippen LogP contribution in [0.4, 0.5) is 10.6 Å². The Hall–Kier alpha value is -3.31. The van der Waals surface area contributed by atoms with Crippen molar-refractivity contribution >= 4 is 11.8 Å². The van der Waals surface area contributed by atoms with Gasteiger partial charge in [0.25, 0.3) is 0 Å². The van der Waals surface area contributed by atoms with E-state index >= 15 is 0 Å². The number of anilines is 1. The summed E-state index contributed by atoms with van der Waals surface area (Å²) >= 11 is 0. The Labute approximate surface area is 189 Å². The maximum atomic E-state index is 12.9. The van der Waals surface area contributed by atoms with Gasteiger partial charge in [-0.25, -0.2) is 9.78 Å². The van der Waals surface area contributed by atoms with E-state index < -0.39 is 0 Å². The number of carbonyl (C=O) groups is 1. The van der Waals surface area contributed by atoms with Gasteiger partial charge in [0.2, 0.25) is 0 Å². The Morgan fingerprint density at radius 1 is 1.16 bits per heavy atom. The topological polar surface area (TPSA) is 84.7 Å². The van der Waals surface area contributed by atoms with E-state index in [4.69, 9.17) is 4.74 Å². The molecule has 3 heterocycles. The Morgan fingerprint density at radius 3 is 2.66 bits per heavy atom. The maximum Gasteiger partial charge on any atom is 0.317 e. The molecule has 0 spiro atoms. The van der Waals surface area contributed by atoms with Gasteiger partial charge in [-0.1, -0.05) is 12.1 Å². The fourth-order valence-corrected chi connectivity index (χ4v) is 4.51. The van der Waals surface area contributed by atoms with Gasteiger partial charge in [-0.3, -0.25) is 4.90 Å². The van der Waals surface area contributed by atoms with Gasteiger partial charge < -0.3 is 19.9 Å². The lowest BCUT2D eigenvalue weighted by molar-refractivity contribution is 0.185. The van der Waals surface area contributed by atoms with Crippen LogP contribution in [-0.2, 0) is 0 Å². The molecular formula is C24H30N6O2. The molecule has 0 radical (unpaired) electrons. The van der Waals surface area contributed by atoms with Crippen molar-refractivity contribution in [3.05, 3.63) is 53.7 Å². The average molecular weight is 435 g/mol. The molecule has 0 aliphatic carbocycles. The highest BCUT2D eigenvalue weighted by Crippen LogP contribution is 2.27. The first-order chi connectivity index (χ1) is 15.7. The van der Waals surface area contributed by atoms with Gasteiger partial charge in [-0.05, 0) is 55.8 Å². The fraction of sp³-hybridized carbons (Fsp3) is 0.458. The number of methoxy groups -OCH3 is 1. The number of ether oxygens (including phenoxy) is 1. The minimum absolute atomic E-state index is 0.0433. The highest BCUT2D eigenvalue weighted by molar-refractivity contribution is 5.74. The van der Waals surface area contributed by atoms with Crippen molar-refractivity contribution in [3.63, 3.8) is 0 Å². The van der Waals surface area contributed by atoms with Gasteiger partial charge in [-0.15, -0.1) is 0 Å². The SMILES string of the molecule is COc1cccc(C(CNC(=O)N2CCN(c3ncccc3C#N)CC2)N2CCCC2)c1. The number of piperazine rings is 1. The molecule has 1 aromatic carbocycles. The molecule has 2 fully saturated rings. The molecule has 1 aromatic heterocycles. The van der Waals surface area contributed by atoms with Gasteiger partial charge in [0.15, 0.2) is 0 Å². The van der Waals surface area contributed by atoms with Crippen LogP contribution in [0.3, 0.4) is 0 Å². The van der Waals surface area contributed by atoms with Crippen LogP contribution in [0.15, 0.2) is 42.6 Å². The molecule has 8 heteroatoms. The summed E-state index contributed by atoms with van der Waals surface area (Å²) in [5.41, 5.74) is 1.73. The van der Waals surface area contributed by atoms with E-state index in [-0.39, 0.29) is 12.1 Å². The number of nitriles is 1.